The third kappa shape index (κ3) is 5.31. The highest BCUT2D eigenvalue weighted by Gasteiger charge is 2.41. The molecule has 0 saturated heterocycles. The number of benzene rings is 8. The number of para-hydroxylation sites is 4. The molecule has 3 heterocycles. The molecular weight excluding hydrogens is 733 g/mol. The number of hydrogen-bond acceptors (Lipinski definition) is 2. The minimum atomic E-state index is -2.85. The Kier molecular flexibility index (Phi) is 8.18. The molecule has 8 aromatic carbocycles. The van der Waals surface area contributed by atoms with Crippen molar-refractivity contribution in [3.05, 3.63) is 224 Å². The van der Waals surface area contributed by atoms with E-state index in [1.165, 1.54) is 20.7 Å². The quantitative estimate of drug-likeness (QED) is 0.120. The van der Waals surface area contributed by atoms with E-state index < -0.39 is 8.07 Å². The Balaban J connectivity index is 1.26. The minimum Gasteiger partial charge on any atom is -0.308 e. The molecule has 59 heavy (non-hydrogen) atoms. The molecular formula is C54H36N4Si. The molecule has 0 aliphatic rings. The van der Waals surface area contributed by atoms with Crippen LogP contribution in [0.3, 0.4) is 0 Å². The summed E-state index contributed by atoms with van der Waals surface area (Å²) in [6, 6.07) is 80.6. The molecule has 0 unspecified atom stereocenters. The molecule has 0 amide bonds. The molecule has 0 N–H and O–H groups in total. The van der Waals surface area contributed by atoms with E-state index in [1.54, 1.807) is 0 Å². The second-order valence-corrected chi connectivity index (χ2v) is 18.8. The first-order chi connectivity index (χ1) is 29.3. The lowest BCUT2D eigenvalue weighted by Gasteiger charge is -2.34. The van der Waals surface area contributed by atoms with E-state index in [2.05, 4.69) is 234 Å². The number of rotatable bonds is 7. The summed E-state index contributed by atoms with van der Waals surface area (Å²) in [5.74, 6) is 0.599. The average Bonchev–Trinajstić information content (AvgIpc) is 3.83. The first kappa shape index (κ1) is 34.5. The maximum absolute atomic E-state index is 11.4. The fourth-order valence-electron chi connectivity index (χ4n) is 9.42. The lowest BCUT2D eigenvalue weighted by Crippen LogP contribution is -2.74. The van der Waals surface area contributed by atoms with Crippen LogP contribution < -0.4 is 20.7 Å². The van der Waals surface area contributed by atoms with E-state index in [0.29, 0.717) is 11.4 Å². The second kappa shape index (κ2) is 14.0. The van der Waals surface area contributed by atoms with Crippen molar-refractivity contribution < 1.29 is 0 Å². The van der Waals surface area contributed by atoms with E-state index >= 15 is 0 Å². The van der Waals surface area contributed by atoms with E-state index in [1.807, 2.05) is 0 Å². The fraction of sp³-hybridized carbons (Fsp3) is 0. The Bertz CT molecular complexity index is 3060. The van der Waals surface area contributed by atoms with Gasteiger partial charge in [0.25, 0.3) is 0 Å². The van der Waals surface area contributed by atoms with Gasteiger partial charge in [-0.15, -0.1) is 0 Å². The van der Waals surface area contributed by atoms with E-state index in [-0.39, 0.29) is 0 Å². The zero-order chi connectivity index (χ0) is 39.3. The van der Waals surface area contributed by atoms with Gasteiger partial charge in [-0.05, 0) is 51.1 Å². The van der Waals surface area contributed by atoms with Crippen LogP contribution in [-0.2, 0) is 0 Å². The van der Waals surface area contributed by atoms with Crippen LogP contribution >= 0.6 is 0 Å². The summed E-state index contributed by atoms with van der Waals surface area (Å²) < 4.78 is 4.44. The molecule has 0 aliphatic heterocycles. The predicted octanol–water partition coefficient (Wildman–Crippen LogP) is 10.2. The monoisotopic (exact) mass is 768 g/mol. The van der Waals surface area contributed by atoms with Gasteiger partial charge in [0, 0.05) is 27.1 Å². The summed E-state index contributed by atoms with van der Waals surface area (Å²) >= 11 is 0. The van der Waals surface area contributed by atoms with Gasteiger partial charge in [-0.25, -0.2) is 4.98 Å². The third-order valence-electron chi connectivity index (χ3n) is 11.9. The number of nitrogens with zero attached hydrogens (tertiary/aromatic N) is 4. The minimum absolute atomic E-state index is 0.504. The fourth-order valence-corrected chi connectivity index (χ4v) is 14.2. The molecule has 0 radical (unpaired) electrons. The third-order valence-corrected chi connectivity index (χ3v) is 16.7. The molecule has 4 nitrogen and oxygen atoms in total. The lowest BCUT2D eigenvalue weighted by atomic mass is 10.1. The molecule has 3 aromatic heterocycles. The second-order valence-electron chi connectivity index (χ2n) is 15.0. The molecule has 11 rings (SSSR count). The van der Waals surface area contributed by atoms with Crippen molar-refractivity contribution in [2.24, 2.45) is 0 Å². The van der Waals surface area contributed by atoms with Crippen LogP contribution in [0.15, 0.2) is 218 Å². The zero-order valence-electron chi connectivity index (χ0n) is 32.1. The number of aromatic nitrogens is 3. The van der Waals surface area contributed by atoms with Crippen LogP contribution in [0.4, 0.5) is 0 Å². The molecule has 5 heteroatoms. The van der Waals surface area contributed by atoms with Gasteiger partial charge in [-0.3, -0.25) is 4.57 Å². The highest BCUT2D eigenvalue weighted by atomic mass is 28.3. The maximum Gasteiger partial charge on any atom is 0.179 e. The summed E-state index contributed by atoms with van der Waals surface area (Å²) in [5, 5.41) is 21.0. The molecule has 0 atom stereocenters. The van der Waals surface area contributed by atoms with Gasteiger partial charge >= 0.3 is 0 Å². The predicted molar refractivity (Wildman–Crippen MR) is 247 cm³/mol. The Hall–Kier alpha value is -7.78. The van der Waals surface area contributed by atoms with Crippen LogP contribution in [-0.4, -0.2) is 22.2 Å². The summed E-state index contributed by atoms with van der Waals surface area (Å²) in [6.07, 6.45) is 0. The number of hydrogen-bond donors (Lipinski definition) is 0. The van der Waals surface area contributed by atoms with Crippen molar-refractivity contribution in [2.45, 2.75) is 0 Å². The van der Waals surface area contributed by atoms with Crippen LogP contribution in [0, 0.1) is 11.3 Å². The number of fused-ring (bicyclic) bond motifs is 6. The average molecular weight is 769 g/mol. The van der Waals surface area contributed by atoms with Crippen LogP contribution in [0.5, 0.6) is 0 Å². The molecule has 0 fully saturated rings. The Morgan fingerprint density at radius 2 is 0.780 bits per heavy atom. The highest BCUT2D eigenvalue weighted by Crippen LogP contribution is 2.38. The first-order valence-electron chi connectivity index (χ1n) is 20.0. The van der Waals surface area contributed by atoms with E-state index in [4.69, 9.17) is 4.98 Å². The van der Waals surface area contributed by atoms with Crippen LogP contribution in [0.1, 0.15) is 5.56 Å². The lowest BCUT2D eigenvalue weighted by molar-refractivity contribution is 1.05. The van der Waals surface area contributed by atoms with Crippen molar-refractivity contribution >= 4 is 72.4 Å². The zero-order valence-corrected chi connectivity index (χ0v) is 33.1. The Morgan fingerprint density at radius 3 is 1.22 bits per heavy atom. The maximum atomic E-state index is 11.4. The van der Waals surface area contributed by atoms with Crippen LogP contribution in [0.2, 0.25) is 0 Å². The number of nitriles is 1. The standard InChI is InChI=1S/C54H36N4Si/c55-37-47-53(57-49-31-14-10-27-43(49)44-28-11-15-32-50(44)57)36-48(56-54(47)58-51-33-16-12-29-45(51)46-30-13-17-34-52(46)58)38-19-18-26-42(35-38)59(39-20-4-1-5-21-39,40-22-6-2-7-23-40)41-24-8-3-9-25-41/h1-36H. The summed E-state index contributed by atoms with van der Waals surface area (Å²) in [7, 11) is -2.85. The molecule has 0 saturated carbocycles. The van der Waals surface area contributed by atoms with Gasteiger partial charge in [-0.2, -0.15) is 5.26 Å². The van der Waals surface area contributed by atoms with Crippen LogP contribution in [0.25, 0.3) is 66.4 Å². The van der Waals surface area contributed by atoms with Crippen molar-refractivity contribution in [3.63, 3.8) is 0 Å². The van der Waals surface area contributed by atoms with E-state index in [0.717, 1.165) is 60.6 Å². The molecule has 0 aliphatic carbocycles. The largest absolute Gasteiger partial charge is 0.308 e. The summed E-state index contributed by atoms with van der Waals surface area (Å²) in [4.78, 5) is 5.57. The molecule has 11 aromatic rings. The van der Waals surface area contributed by atoms with Gasteiger partial charge in [0.15, 0.2) is 13.9 Å². The van der Waals surface area contributed by atoms with Gasteiger partial charge < -0.3 is 4.57 Å². The SMILES string of the molecule is N#Cc1c(-n2c3ccccc3c3ccccc32)cc(-c2cccc([Si](c3ccccc3)(c3ccccc3)c3ccccc3)c2)nc1-n1c2ccccc2c2ccccc21. The highest BCUT2D eigenvalue weighted by molar-refractivity contribution is 7.19. The Labute approximate surface area is 343 Å². The van der Waals surface area contributed by atoms with Crippen molar-refractivity contribution in [3.8, 4) is 28.8 Å². The molecule has 0 bridgehead atoms. The number of pyridine rings is 1. The van der Waals surface area contributed by atoms with Gasteiger partial charge in [0.2, 0.25) is 0 Å². The van der Waals surface area contributed by atoms with Gasteiger partial charge in [-0.1, -0.05) is 188 Å². The molecule has 276 valence electrons. The van der Waals surface area contributed by atoms with Crippen molar-refractivity contribution in [1.82, 2.24) is 14.1 Å². The first-order valence-corrected chi connectivity index (χ1v) is 22.0. The van der Waals surface area contributed by atoms with Gasteiger partial charge in [0.1, 0.15) is 11.6 Å². The smallest absolute Gasteiger partial charge is 0.179 e. The topological polar surface area (TPSA) is 46.5 Å². The van der Waals surface area contributed by atoms with Crippen molar-refractivity contribution in [2.75, 3.05) is 0 Å². The Morgan fingerprint density at radius 1 is 0.390 bits per heavy atom. The van der Waals surface area contributed by atoms with E-state index in [9.17, 15) is 5.26 Å². The van der Waals surface area contributed by atoms with Gasteiger partial charge in [0.05, 0.1) is 33.4 Å². The normalized spacial score (nSPS) is 11.7. The van der Waals surface area contributed by atoms with Crippen molar-refractivity contribution in [1.29, 1.82) is 5.26 Å². The summed E-state index contributed by atoms with van der Waals surface area (Å²) in [6.45, 7) is 0. The molecule has 0 spiro atoms. The summed E-state index contributed by atoms with van der Waals surface area (Å²) in [5.41, 5.74) is 7.13.